The van der Waals surface area contributed by atoms with Gasteiger partial charge in [0.05, 0.1) is 12.5 Å². The number of likely N-dealkylation sites (N-methyl/N-ethyl adjacent to an activating group) is 1. The normalized spacial score (nSPS) is 24.7. The lowest BCUT2D eigenvalue weighted by atomic mass is 9.78. The SMILES string of the molecule is CCN1C(=O)C[C@H](N2CCC(C3CCN(C(=O)c4ccc(F)cc4)CC3)CC2)C1=O. The highest BCUT2D eigenvalue weighted by molar-refractivity contribution is 6.05. The molecule has 1 aromatic carbocycles. The van der Waals surface area contributed by atoms with Crippen molar-refractivity contribution in [3.05, 3.63) is 35.6 Å². The van der Waals surface area contributed by atoms with E-state index in [4.69, 9.17) is 0 Å². The van der Waals surface area contributed by atoms with Gasteiger partial charge < -0.3 is 4.90 Å². The number of carbonyl (C=O) groups excluding carboxylic acids is 3. The number of amides is 3. The van der Waals surface area contributed by atoms with Crippen LogP contribution in [0.5, 0.6) is 0 Å². The number of halogens is 1. The second kappa shape index (κ2) is 8.84. The molecular formula is C23H30FN3O3. The van der Waals surface area contributed by atoms with Crippen molar-refractivity contribution in [2.75, 3.05) is 32.7 Å². The minimum Gasteiger partial charge on any atom is -0.339 e. The Morgan fingerprint density at radius 1 is 0.967 bits per heavy atom. The molecule has 0 unspecified atom stereocenters. The van der Waals surface area contributed by atoms with Gasteiger partial charge in [0.25, 0.3) is 5.91 Å². The van der Waals surface area contributed by atoms with Crippen LogP contribution in [0.1, 0.15) is 49.4 Å². The van der Waals surface area contributed by atoms with Crippen molar-refractivity contribution in [1.82, 2.24) is 14.7 Å². The summed E-state index contributed by atoms with van der Waals surface area (Å²) in [6, 6.07) is 5.49. The number of likely N-dealkylation sites (tertiary alicyclic amines) is 3. The summed E-state index contributed by atoms with van der Waals surface area (Å²) in [4.78, 5) is 42.6. The zero-order valence-corrected chi connectivity index (χ0v) is 17.6. The topological polar surface area (TPSA) is 60.9 Å². The lowest BCUT2D eigenvalue weighted by molar-refractivity contribution is -0.139. The van der Waals surface area contributed by atoms with Crippen LogP contribution in [0, 0.1) is 17.7 Å². The molecular weight excluding hydrogens is 385 g/mol. The maximum atomic E-state index is 13.1. The maximum Gasteiger partial charge on any atom is 0.253 e. The molecule has 1 aromatic rings. The van der Waals surface area contributed by atoms with E-state index in [1.165, 1.54) is 17.0 Å². The van der Waals surface area contributed by atoms with E-state index in [2.05, 4.69) is 4.90 Å². The fourth-order valence-corrected chi connectivity index (χ4v) is 5.33. The van der Waals surface area contributed by atoms with Crippen molar-refractivity contribution in [1.29, 1.82) is 0 Å². The first-order chi connectivity index (χ1) is 14.5. The van der Waals surface area contributed by atoms with E-state index in [9.17, 15) is 18.8 Å². The van der Waals surface area contributed by atoms with Crippen molar-refractivity contribution < 1.29 is 18.8 Å². The van der Waals surface area contributed by atoms with Crippen molar-refractivity contribution in [3.63, 3.8) is 0 Å². The van der Waals surface area contributed by atoms with Crippen LogP contribution in [0.2, 0.25) is 0 Å². The van der Waals surface area contributed by atoms with Gasteiger partial charge in [-0.15, -0.1) is 0 Å². The molecule has 3 saturated heterocycles. The predicted octanol–water partition coefficient (Wildman–Crippen LogP) is 2.54. The van der Waals surface area contributed by atoms with Gasteiger partial charge in [-0.2, -0.15) is 0 Å². The molecule has 0 N–H and O–H groups in total. The summed E-state index contributed by atoms with van der Waals surface area (Å²) in [7, 11) is 0. The highest BCUT2D eigenvalue weighted by atomic mass is 19.1. The van der Waals surface area contributed by atoms with Crippen LogP contribution in [0.25, 0.3) is 0 Å². The Morgan fingerprint density at radius 3 is 2.07 bits per heavy atom. The molecule has 3 fully saturated rings. The van der Waals surface area contributed by atoms with Crippen LogP contribution in [-0.4, -0.2) is 71.2 Å². The average molecular weight is 416 g/mol. The van der Waals surface area contributed by atoms with Gasteiger partial charge in [-0.05, 0) is 81.8 Å². The van der Waals surface area contributed by atoms with E-state index in [1.807, 2.05) is 11.8 Å². The van der Waals surface area contributed by atoms with Gasteiger partial charge in [-0.3, -0.25) is 24.2 Å². The second-order valence-corrected chi connectivity index (χ2v) is 8.71. The smallest absolute Gasteiger partial charge is 0.253 e. The Kier molecular flexibility index (Phi) is 6.18. The van der Waals surface area contributed by atoms with E-state index in [0.717, 1.165) is 51.9 Å². The van der Waals surface area contributed by atoms with Crippen molar-refractivity contribution in [3.8, 4) is 0 Å². The molecule has 0 saturated carbocycles. The molecule has 3 amide bonds. The van der Waals surface area contributed by atoms with Crippen LogP contribution >= 0.6 is 0 Å². The molecule has 3 aliphatic heterocycles. The van der Waals surface area contributed by atoms with Gasteiger partial charge in [0.2, 0.25) is 11.8 Å². The van der Waals surface area contributed by atoms with Crippen molar-refractivity contribution in [2.45, 2.75) is 45.1 Å². The molecule has 162 valence electrons. The Balaban J connectivity index is 1.26. The first-order valence-corrected chi connectivity index (χ1v) is 11.1. The predicted molar refractivity (Wildman–Crippen MR) is 110 cm³/mol. The Hall–Kier alpha value is -2.28. The molecule has 0 spiro atoms. The van der Waals surface area contributed by atoms with Crippen molar-refractivity contribution in [2.24, 2.45) is 11.8 Å². The minimum atomic E-state index is -0.331. The molecule has 30 heavy (non-hydrogen) atoms. The van der Waals surface area contributed by atoms with Gasteiger partial charge in [0.1, 0.15) is 5.82 Å². The van der Waals surface area contributed by atoms with Crippen molar-refractivity contribution >= 4 is 17.7 Å². The number of carbonyl (C=O) groups is 3. The average Bonchev–Trinajstić information content (AvgIpc) is 3.07. The standard InChI is InChI=1S/C23H30FN3O3/c1-2-27-21(28)15-20(23(27)30)25-11-7-16(8-12-25)17-9-13-26(14-10-17)22(29)18-3-5-19(24)6-4-18/h3-6,16-17,20H,2,7-15H2,1H3/t20-/m0/s1. The van der Waals surface area contributed by atoms with Gasteiger partial charge in [-0.25, -0.2) is 4.39 Å². The van der Waals surface area contributed by atoms with Crippen LogP contribution in [0.4, 0.5) is 4.39 Å². The summed E-state index contributed by atoms with van der Waals surface area (Å²) in [5, 5.41) is 0. The quantitative estimate of drug-likeness (QED) is 0.709. The molecule has 1 atom stereocenters. The first-order valence-electron chi connectivity index (χ1n) is 11.1. The number of rotatable bonds is 4. The number of nitrogens with zero attached hydrogens (tertiary/aromatic N) is 3. The first kappa shape index (κ1) is 21.0. The molecule has 0 aromatic heterocycles. The minimum absolute atomic E-state index is 0.0202. The van der Waals surface area contributed by atoms with Crippen LogP contribution in [0.3, 0.4) is 0 Å². The number of benzene rings is 1. The molecule has 0 bridgehead atoms. The number of hydrogen-bond donors (Lipinski definition) is 0. The summed E-state index contributed by atoms with van der Waals surface area (Å²) < 4.78 is 13.1. The Morgan fingerprint density at radius 2 is 1.53 bits per heavy atom. The number of piperidine rings is 2. The number of hydrogen-bond acceptors (Lipinski definition) is 4. The fraction of sp³-hybridized carbons (Fsp3) is 0.609. The maximum absolute atomic E-state index is 13.1. The molecule has 4 rings (SSSR count). The molecule has 7 heteroatoms. The van der Waals surface area contributed by atoms with Crippen LogP contribution in [0.15, 0.2) is 24.3 Å². The third-order valence-electron chi connectivity index (χ3n) is 7.14. The lowest BCUT2D eigenvalue weighted by Crippen LogP contribution is -2.47. The van der Waals surface area contributed by atoms with Crippen LogP contribution in [-0.2, 0) is 9.59 Å². The molecule has 0 radical (unpaired) electrons. The molecule has 3 heterocycles. The van der Waals surface area contributed by atoms with Gasteiger partial charge >= 0.3 is 0 Å². The highest BCUT2D eigenvalue weighted by Crippen LogP contribution is 2.34. The summed E-state index contributed by atoms with van der Waals surface area (Å²) in [5.41, 5.74) is 0.542. The summed E-state index contributed by atoms with van der Waals surface area (Å²) >= 11 is 0. The lowest BCUT2D eigenvalue weighted by Gasteiger charge is -2.41. The van der Waals surface area contributed by atoms with E-state index in [1.54, 1.807) is 12.1 Å². The Bertz CT molecular complexity index is 796. The van der Waals surface area contributed by atoms with E-state index in [0.29, 0.717) is 30.4 Å². The monoisotopic (exact) mass is 415 g/mol. The fourth-order valence-electron chi connectivity index (χ4n) is 5.33. The Labute approximate surface area is 177 Å². The summed E-state index contributed by atoms with van der Waals surface area (Å²) in [5.74, 6) is 0.772. The molecule has 6 nitrogen and oxygen atoms in total. The third kappa shape index (κ3) is 4.13. The molecule has 0 aliphatic carbocycles. The zero-order valence-electron chi connectivity index (χ0n) is 17.6. The van der Waals surface area contributed by atoms with Gasteiger partial charge in [0, 0.05) is 25.2 Å². The van der Waals surface area contributed by atoms with E-state index >= 15 is 0 Å². The summed E-state index contributed by atoms with van der Waals surface area (Å²) in [6.45, 7) is 5.50. The third-order valence-corrected chi connectivity index (χ3v) is 7.14. The summed E-state index contributed by atoms with van der Waals surface area (Å²) in [6.07, 6.45) is 4.38. The molecule has 3 aliphatic rings. The van der Waals surface area contributed by atoms with Crippen LogP contribution < -0.4 is 0 Å². The largest absolute Gasteiger partial charge is 0.339 e. The highest BCUT2D eigenvalue weighted by Gasteiger charge is 2.42. The van der Waals surface area contributed by atoms with Gasteiger partial charge in [-0.1, -0.05) is 0 Å². The number of imide groups is 1. The van der Waals surface area contributed by atoms with Gasteiger partial charge in [0.15, 0.2) is 0 Å². The second-order valence-electron chi connectivity index (χ2n) is 8.71. The van der Waals surface area contributed by atoms with E-state index in [-0.39, 0.29) is 29.6 Å². The zero-order chi connectivity index (χ0) is 21.3. The van der Waals surface area contributed by atoms with E-state index < -0.39 is 0 Å².